The van der Waals surface area contributed by atoms with E-state index in [1.54, 1.807) is 24.4 Å². The zero-order valence-electron chi connectivity index (χ0n) is 12.9. The van der Waals surface area contributed by atoms with Crippen molar-refractivity contribution in [2.45, 2.75) is 24.6 Å². The van der Waals surface area contributed by atoms with Crippen molar-refractivity contribution in [2.75, 3.05) is 4.72 Å². The number of anilines is 1. The Morgan fingerprint density at radius 3 is 2.65 bits per heavy atom. The Kier molecular flexibility index (Phi) is 4.23. The maximum atomic E-state index is 12.5. The van der Waals surface area contributed by atoms with Crippen LogP contribution in [0, 0.1) is 6.92 Å². The third-order valence-electron chi connectivity index (χ3n) is 3.46. The van der Waals surface area contributed by atoms with E-state index < -0.39 is 10.0 Å². The lowest BCUT2D eigenvalue weighted by Crippen LogP contribution is -2.11. The Bertz CT molecular complexity index is 909. The Hall–Kier alpha value is -2.12. The molecule has 0 saturated carbocycles. The van der Waals surface area contributed by atoms with Crippen LogP contribution in [0.4, 0.5) is 5.69 Å². The predicted octanol–water partition coefficient (Wildman–Crippen LogP) is 3.74. The molecule has 0 saturated heterocycles. The highest BCUT2D eigenvalue weighted by atomic mass is 32.2. The van der Waals surface area contributed by atoms with E-state index in [2.05, 4.69) is 9.82 Å². The highest BCUT2D eigenvalue weighted by Gasteiger charge is 2.18. The van der Waals surface area contributed by atoms with Crippen LogP contribution in [0.2, 0.25) is 0 Å². The van der Waals surface area contributed by atoms with Crippen LogP contribution in [0.1, 0.15) is 12.5 Å². The summed E-state index contributed by atoms with van der Waals surface area (Å²) in [5.41, 5.74) is 3.42. The van der Waals surface area contributed by atoms with Crippen molar-refractivity contribution in [3.63, 3.8) is 0 Å². The molecule has 7 heteroatoms. The molecule has 0 fully saturated rings. The van der Waals surface area contributed by atoms with Crippen molar-refractivity contribution in [1.82, 2.24) is 9.78 Å². The van der Waals surface area contributed by atoms with Crippen molar-refractivity contribution >= 4 is 27.0 Å². The normalized spacial score (nSPS) is 11.6. The largest absolute Gasteiger partial charge is 0.279 e. The molecule has 0 radical (unpaired) electrons. The quantitative estimate of drug-likeness (QED) is 0.765. The summed E-state index contributed by atoms with van der Waals surface area (Å²) in [5.74, 6) is 0. The second-order valence-electron chi connectivity index (χ2n) is 5.16. The monoisotopic (exact) mass is 347 g/mol. The average molecular weight is 347 g/mol. The Morgan fingerprint density at radius 2 is 1.96 bits per heavy atom. The molecule has 0 aliphatic carbocycles. The highest BCUT2D eigenvalue weighted by Crippen LogP contribution is 2.29. The standard InChI is InChI=1S/C16H17N3O2S2/c1-3-19-15(8-9-17-19)13-10-16(22-11-13)23(20,21)18-14-6-4-12(2)5-7-14/h4-11,18H,3H2,1-2H3. The number of hydrogen-bond donors (Lipinski definition) is 1. The summed E-state index contributed by atoms with van der Waals surface area (Å²) < 4.78 is 29.7. The van der Waals surface area contributed by atoms with E-state index in [-0.39, 0.29) is 4.21 Å². The van der Waals surface area contributed by atoms with Gasteiger partial charge in [0.05, 0.1) is 5.69 Å². The molecular weight excluding hydrogens is 330 g/mol. The van der Waals surface area contributed by atoms with E-state index in [0.29, 0.717) is 5.69 Å². The Morgan fingerprint density at radius 1 is 1.22 bits per heavy atom. The van der Waals surface area contributed by atoms with Gasteiger partial charge in [0, 0.05) is 29.4 Å². The molecule has 23 heavy (non-hydrogen) atoms. The second kappa shape index (κ2) is 6.17. The van der Waals surface area contributed by atoms with Crippen molar-refractivity contribution in [2.24, 2.45) is 0 Å². The molecule has 2 aromatic heterocycles. The Labute approximate surface area is 139 Å². The zero-order valence-corrected chi connectivity index (χ0v) is 14.5. The minimum atomic E-state index is -3.58. The fourth-order valence-corrected chi connectivity index (χ4v) is 4.48. The van der Waals surface area contributed by atoms with Gasteiger partial charge in [-0.3, -0.25) is 9.40 Å². The number of sulfonamides is 1. The van der Waals surface area contributed by atoms with Crippen LogP contribution in [-0.4, -0.2) is 18.2 Å². The smallest absolute Gasteiger partial charge is 0.271 e. The number of nitrogens with zero attached hydrogens (tertiary/aromatic N) is 2. The molecule has 3 aromatic rings. The predicted molar refractivity (Wildman–Crippen MR) is 93.2 cm³/mol. The molecule has 1 aromatic carbocycles. The van der Waals surface area contributed by atoms with Gasteiger partial charge in [-0.2, -0.15) is 5.10 Å². The molecule has 120 valence electrons. The number of rotatable bonds is 5. The number of aryl methyl sites for hydroxylation is 2. The van der Waals surface area contributed by atoms with Gasteiger partial charge < -0.3 is 0 Å². The van der Waals surface area contributed by atoms with Gasteiger partial charge in [0.1, 0.15) is 4.21 Å². The van der Waals surface area contributed by atoms with E-state index >= 15 is 0 Å². The number of benzene rings is 1. The second-order valence-corrected chi connectivity index (χ2v) is 7.98. The molecular formula is C16H17N3O2S2. The summed E-state index contributed by atoms with van der Waals surface area (Å²) in [6.45, 7) is 4.70. The van der Waals surface area contributed by atoms with Crippen LogP contribution in [0.25, 0.3) is 11.3 Å². The lowest BCUT2D eigenvalue weighted by molar-refractivity contribution is 0.603. The van der Waals surface area contributed by atoms with Crippen LogP contribution in [0.15, 0.2) is 52.2 Å². The van der Waals surface area contributed by atoms with E-state index in [1.807, 2.05) is 42.1 Å². The topological polar surface area (TPSA) is 64.0 Å². The van der Waals surface area contributed by atoms with E-state index in [1.165, 1.54) is 11.3 Å². The van der Waals surface area contributed by atoms with Crippen LogP contribution < -0.4 is 4.72 Å². The van der Waals surface area contributed by atoms with E-state index in [0.717, 1.165) is 23.4 Å². The first kappa shape index (κ1) is 15.8. The first-order valence-electron chi connectivity index (χ1n) is 7.20. The lowest BCUT2D eigenvalue weighted by Gasteiger charge is -2.06. The van der Waals surface area contributed by atoms with Crippen molar-refractivity contribution in [3.8, 4) is 11.3 Å². The summed E-state index contributed by atoms with van der Waals surface area (Å²) in [7, 11) is -3.58. The summed E-state index contributed by atoms with van der Waals surface area (Å²) in [6.07, 6.45) is 1.72. The van der Waals surface area contributed by atoms with Gasteiger partial charge in [-0.05, 0) is 38.1 Å². The molecule has 0 aliphatic heterocycles. The SMILES string of the molecule is CCn1nccc1-c1csc(S(=O)(=O)Nc2ccc(C)cc2)c1. The first-order chi connectivity index (χ1) is 11.0. The number of hydrogen-bond acceptors (Lipinski definition) is 4. The minimum Gasteiger partial charge on any atom is -0.279 e. The molecule has 0 atom stereocenters. The maximum Gasteiger partial charge on any atom is 0.271 e. The van der Waals surface area contributed by atoms with Crippen molar-refractivity contribution in [3.05, 3.63) is 53.5 Å². The third kappa shape index (κ3) is 3.30. The molecule has 0 spiro atoms. The maximum absolute atomic E-state index is 12.5. The fourth-order valence-electron chi connectivity index (χ4n) is 2.25. The fraction of sp³-hybridized carbons (Fsp3) is 0.188. The summed E-state index contributed by atoms with van der Waals surface area (Å²) in [4.78, 5) is 0. The molecule has 0 unspecified atom stereocenters. The van der Waals surface area contributed by atoms with Crippen molar-refractivity contribution < 1.29 is 8.42 Å². The van der Waals surface area contributed by atoms with E-state index in [9.17, 15) is 8.42 Å². The van der Waals surface area contributed by atoms with Gasteiger partial charge in [0.15, 0.2) is 0 Å². The number of nitrogens with one attached hydrogen (secondary N) is 1. The summed E-state index contributed by atoms with van der Waals surface area (Å²) in [6, 6.07) is 10.8. The molecule has 1 N–H and O–H groups in total. The summed E-state index contributed by atoms with van der Waals surface area (Å²) in [5, 5.41) is 6.05. The molecule has 0 aliphatic rings. The van der Waals surface area contributed by atoms with Crippen LogP contribution >= 0.6 is 11.3 Å². The molecule has 2 heterocycles. The highest BCUT2D eigenvalue weighted by molar-refractivity contribution is 7.94. The number of aromatic nitrogens is 2. The lowest BCUT2D eigenvalue weighted by atomic mass is 10.2. The van der Waals surface area contributed by atoms with Crippen molar-refractivity contribution in [1.29, 1.82) is 0 Å². The van der Waals surface area contributed by atoms with Gasteiger partial charge >= 0.3 is 0 Å². The van der Waals surface area contributed by atoms with Gasteiger partial charge in [-0.25, -0.2) is 8.42 Å². The summed E-state index contributed by atoms with van der Waals surface area (Å²) >= 11 is 1.20. The first-order valence-corrected chi connectivity index (χ1v) is 9.56. The van der Waals surface area contributed by atoms with Gasteiger partial charge in [0.25, 0.3) is 10.0 Å². The molecule has 5 nitrogen and oxygen atoms in total. The van der Waals surface area contributed by atoms with Gasteiger partial charge in [-0.1, -0.05) is 17.7 Å². The van der Waals surface area contributed by atoms with Crippen LogP contribution in [0.3, 0.4) is 0 Å². The zero-order chi connectivity index (χ0) is 16.4. The van der Waals surface area contributed by atoms with Gasteiger partial charge in [-0.15, -0.1) is 11.3 Å². The molecule has 3 rings (SSSR count). The minimum absolute atomic E-state index is 0.289. The van der Waals surface area contributed by atoms with Crippen LogP contribution in [0.5, 0.6) is 0 Å². The molecule has 0 amide bonds. The average Bonchev–Trinajstić information content (AvgIpc) is 3.17. The van der Waals surface area contributed by atoms with E-state index in [4.69, 9.17) is 0 Å². The van der Waals surface area contributed by atoms with Gasteiger partial charge in [0.2, 0.25) is 0 Å². The third-order valence-corrected chi connectivity index (χ3v) is 6.28. The molecule has 0 bridgehead atoms. The van der Waals surface area contributed by atoms with Crippen LogP contribution in [-0.2, 0) is 16.6 Å². The number of thiophene rings is 1. The Balaban J connectivity index is 1.88.